The molecule has 1 aliphatic rings. The van der Waals surface area contributed by atoms with Crippen molar-refractivity contribution in [2.75, 3.05) is 13.1 Å². The Morgan fingerprint density at radius 3 is 3.15 bits per heavy atom. The molecule has 3 nitrogen and oxygen atoms in total. The molecule has 1 aromatic heterocycles. The lowest BCUT2D eigenvalue weighted by Crippen LogP contribution is -2.16. The van der Waals surface area contributed by atoms with Crippen molar-refractivity contribution in [3.63, 3.8) is 0 Å². The van der Waals surface area contributed by atoms with Gasteiger partial charge in [0.05, 0.1) is 6.10 Å². The molecule has 0 saturated carbocycles. The molecule has 0 amide bonds. The van der Waals surface area contributed by atoms with Crippen LogP contribution in [-0.4, -0.2) is 23.2 Å². The van der Waals surface area contributed by atoms with Crippen molar-refractivity contribution < 1.29 is 5.11 Å². The maximum absolute atomic E-state index is 9.94. The van der Waals surface area contributed by atoms with Gasteiger partial charge in [0.15, 0.2) is 0 Å². The topological polar surface area (TPSA) is 45.2 Å². The van der Waals surface area contributed by atoms with Gasteiger partial charge in [0.1, 0.15) is 0 Å². The molecule has 2 N–H and O–H groups in total. The second kappa shape index (κ2) is 3.85. The zero-order chi connectivity index (χ0) is 9.10. The fourth-order valence-corrected chi connectivity index (χ4v) is 1.77. The number of pyridine rings is 1. The Morgan fingerprint density at radius 2 is 2.54 bits per heavy atom. The molecule has 1 saturated heterocycles. The molecule has 70 valence electrons. The van der Waals surface area contributed by atoms with Gasteiger partial charge in [-0.2, -0.15) is 0 Å². The van der Waals surface area contributed by atoms with E-state index in [0.717, 1.165) is 25.1 Å². The van der Waals surface area contributed by atoms with Gasteiger partial charge < -0.3 is 10.4 Å². The maximum Gasteiger partial charge on any atom is 0.0845 e. The molecule has 2 atom stereocenters. The molecule has 2 heterocycles. The van der Waals surface area contributed by atoms with E-state index in [1.165, 1.54) is 0 Å². The largest absolute Gasteiger partial charge is 0.388 e. The van der Waals surface area contributed by atoms with E-state index in [9.17, 15) is 5.11 Å². The Hall–Kier alpha value is -0.930. The summed E-state index contributed by atoms with van der Waals surface area (Å²) in [6.45, 7) is 1.93. The molecule has 2 rings (SSSR count). The lowest BCUT2D eigenvalue weighted by molar-refractivity contribution is 0.118. The van der Waals surface area contributed by atoms with E-state index in [1.807, 2.05) is 12.1 Å². The van der Waals surface area contributed by atoms with Crippen LogP contribution in [0.15, 0.2) is 24.5 Å². The van der Waals surface area contributed by atoms with Gasteiger partial charge in [0, 0.05) is 24.9 Å². The van der Waals surface area contributed by atoms with Crippen LogP contribution in [0.25, 0.3) is 0 Å². The van der Waals surface area contributed by atoms with Gasteiger partial charge in [0.2, 0.25) is 0 Å². The van der Waals surface area contributed by atoms with Crippen LogP contribution in [0.2, 0.25) is 0 Å². The number of hydrogen-bond acceptors (Lipinski definition) is 3. The average Bonchev–Trinajstić information content (AvgIpc) is 2.71. The fourth-order valence-electron chi connectivity index (χ4n) is 1.77. The highest BCUT2D eigenvalue weighted by Crippen LogP contribution is 2.25. The number of hydrogen-bond donors (Lipinski definition) is 2. The molecule has 1 fully saturated rings. The number of nitrogens with one attached hydrogen (secondary N) is 1. The van der Waals surface area contributed by atoms with Crippen LogP contribution in [0.5, 0.6) is 0 Å². The normalized spacial score (nSPS) is 24.5. The second-order valence-corrected chi connectivity index (χ2v) is 3.48. The van der Waals surface area contributed by atoms with Crippen LogP contribution < -0.4 is 5.32 Å². The summed E-state index contributed by atoms with van der Waals surface area (Å²) in [7, 11) is 0. The summed E-state index contributed by atoms with van der Waals surface area (Å²) >= 11 is 0. The van der Waals surface area contributed by atoms with E-state index in [4.69, 9.17) is 0 Å². The van der Waals surface area contributed by atoms with Gasteiger partial charge in [-0.3, -0.25) is 4.98 Å². The SMILES string of the molecule is OC(c1cccnc1)C1CCNC1. The van der Waals surface area contributed by atoms with E-state index in [1.54, 1.807) is 12.4 Å². The summed E-state index contributed by atoms with van der Waals surface area (Å²) in [5, 5.41) is 13.2. The number of aromatic nitrogens is 1. The van der Waals surface area contributed by atoms with E-state index in [-0.39, 0.29) is 6.10 Å². The van der Waals surface area contributed by atoms with Crippen molar-refractivity contribution in [3.05, 3.63) is 30.1 Å². The Morgan fingerprint density at radius 1 is 1.62 bits per heavy atom. The van der Waals surface area contributed by atoms with Crippen molar-refractivity contribution in [1.82, 2.24) is 10.3 Å². The average molecular weight is 178 g/mol. The molecular weight excluding hydrogens is 164 g/mol. The minimum atomic E-state index is -0.358. The van der Waals surface area contributed by atoms with Crippen molar-refractivity contribution in [3.8, 4) is 0 Å². The van der Waals surface area contributed by atoms with Gasteiger partial charge in [-0.1, -0.05) is 6.07 Å². The summed E-state index contributed by atoms with van der Waals surface area (Å²) < 4.78 is 0. The third-order valence-electron chi connectivity index (χ3n) is 2.57. The third-order valence-corrected chi connectivity index (χ3v) is 2.57. The number of nitrogens with zero attached hydrogens (tertiary/aromatic N) is 1. The molecular formula is C10H14N2O. The predicted molar refractivity (Wildman–Crippen MR) is 50.2 cm³/mol. The Bertz CT molecular complexity index is 257. The summed E-state index contributed by atoms with van der Waals surface area (Å²) in [4.78, 5) is 4.00. The monoisotopic (exact) mass is 178 g/mol. The number of rotatable bonds is 2. The molecule has 1 aromatic rings. The van der Waals surface area contributed by atoms with Gasteiger partial charge in [-0.05, 0) is 24.6 Å². The van der Waals surface area contributed by atoms with Crippen LogP contribution in [0, 0.1) is 5.92 Å². The second-order valence-electron chi connectivity index (χ2n) is 3.48. The minimum absolute atomic E-state index is 0.351. The fraction of sp³-hybridized carbons (Fsp3) is 0.500. The van der Waals surface area contributed by atoms with Gasteiger partial charge in [-0.25, -0.2) is 0 Å². The van der Waals surface area contributed by atoms with Crippen molar-refractivity contribution >= 4 is 0 Å². The highest BCUT2D eigenvalue weighted by atomic mass is 16.3. The van der Waals surface area contributed by atoms with Crippen LogP contribution in [0.4, 0.5) is 0 Å². The third kappa shape index (κ3) is 1.87. The molecule has 0 radical (unpaired) electrons. The quantitative estimate of drug-likeness (QED) is 0.701. The predicted octanol–water partition coefficient (Wildman–Crippen LogP) is 0.724. The standard InChI is InChI=1S/C10H14N2O/c13-10(9-3-5-12-7-9)8-2-1-4-11-6-8/h1-2,4,6,9-10,12-13H,3,5,7H2. The van der Waals surface area contributed by atoms with Gasteiger partial charge in [0.25, 0.3) is 0 Å². The summed E-state index contributed by atoms with van der Waals surface area (Å²) in [5.41, 5.74) is 0.927. The maximum atomic E-state index is 9.94. The first kappa shape index (κ1) is 8.66. The van der Waals surface area contributed by atoms with Crippen LogP contribution >= 0.6 is 0 Å². The molecule has 13 heavy (non-hydrogen) atoms. The van der Waals surface area contributed by atoms with E-state index in [2.05, 4.69) is 10.3 Å². The zero-order valence-corrected chi connectivity index (χ0v) is 7.48. The highest BCUT2D eigenvalue weighted by molar-refractivity contribution is 5.13. The van der Waals surface area contributed by atoms with Gasteiger partial charge >= 0.3 is 0 Å². The molecule has 1 aliphatic heterocycles. The molecule has 3 heteroatoms. The van der Waals surface area contributed by atoms with Crippen LogP contribution in [-0.2, 0) is 0 Å². The first-order chi connectivity index (χ1) is 6.38. The molecule has 0 aliphatic carbocycles. The Labute approximate surface area is 77.8 Å². The van der Waals surface area contributed by atoms with Crippen molar-refractivity contribution in [1.29, 1.82) is 0 Å². The summed E-state index contributed by atoms with van der Waals surface area (Å²) in [6, 6.07) is 3.79. The number of aliphatic hydroxyl groups is 1. The lowest BCUT2D eigenvalue weighted by Gasteiger charge is -2.16. The number of aliphatic hydroxyl groups excluding tert-OH is 1. The van der Waals surface area contributed by atoms with Gasteiger partial charge in [-0.15, -0.1) is 0 Å². The Kier molecular flexibility index (Phi) is 2.57. The minimum Gasteiger partial charge on any atom is -0.388 e. The van der Waals surface area contributed by atoms with E-state index in [0.29, 0.717) is 5.92 Å². The Balaban J connectivity index is 2.08. The molecule has 0 spiro atoms. The first-order valence-corrected chi connectivity index (χ1v) is 4.66. The van der Waals surface area contributed by atoms with E-state index < -0.39 is 0 Å². The highest BCUT2D eigenvalue weighted by Gasteiger charge is 2.23. The molecule has 2 unspecified atom stereocenters. The summed E-state index contributed by atoms with van der Waals surface area (Å²) in [6.07, 6.45) is 4.16. The molecule has 0 bridgehead atoms. The lowest BCUT2D eigenvalue weighted by atomic mass is 9.96. The smallest absolute Gasteiger partial charge is 0.0845 e. The van der Waals surface area contributed by atoms with Crippen LogP contribution in [0.3, 0.4) is 0 Å². The zero-order valence-electron chi connectivity index (χ0n) is 7.48. The van der Waals surface area contributed by atoms with Crippen LogP contribution in [0.1, 0.15) is 18.1 Å². The van der Waals surface area contributed by atoms with Crippen molar-refractivity contribution in [2.24, 2.45) is 5.92 Å². The van der Waals surface area contributed by atoms with E-state index >= 15 is 0 Å². The summed E-state index contributed by atoms with van der Waals surface area (Å²) in [5.74, 6) is 0.351. The molecule has 0 aromatic carbocycles. The first-order valence-electron chi connectivity index (χ1n) is 4.66. The van der Waals surface area contributed by atoms with Crippen molar-refractivity contribution in [2.45, 2.75) is 12.5 Å².